The van der Waals surface area contributed by atoms with Gasteiger partial charge in [-0.3, -0.25) is 0 Å². The molecule has 2 aromatic rings. The van der Waals surface area contributed by atoms with Gasteiger partial charge in [0.2, 0.25) is 0 Å². The van der Waals surface area contributed by atoms with Crippen molar-refractivity contribution < 1.29 is 9.13 Å². The molecule has 0 radical (unpaired) electrons. The highest BCUT2D eigenvalue weighted by molar-refractivity contribution is 7.80. The maximum absolute atomic E-state index is 13.6. The van der Waals surface area contributed by atoms with Gasteiger partial charge in [0.05, 0.1) is 13.2 Å². The van der Waals surface area contributed by atoms with E-state index in [0.717, 1.165) is 0 Å². The molecule has 1 N–H and O–H groups in total. The molecule has 0 aliphatic heterocycles. The van der Waals surface area contributed by atoms with Crippen LogP contribution in [0.4, 0.5) is 10.1 Å². The van der Waals surface area contributed by atoms with Crippen LogP contribution < -0.4 is 5.32 Å². The van der Waals surface area contributed by atoms with Gasteiger partial charge < -0.3 is 15.0 Å². The van der Waals surface area contributed by atoms with Crippen molar-refractivity contribution in [2.75, 3.05) is 25.6 Å². The van der Waals surface area contributed by atoms with Gasteiger partial charge in [0, 0.05) is 24.2 Å². The van der Waals surface area contributed by atoms with Crippen molar-refractivity contribution in [1.29, 1.82) is 0 Å². The number of anilines is 1. The summed E-state index contributed by atoms with van der Waals surface area (Å²) in [5.74, 6) is -0.241. The molecule has 0 spiro atoms. The summed E-state index contributed by atoms with van der Waals surface area (Å²) in [6.07, 6.45) is 0. The van der Waals surface area contributed by atoms with Crippen LogP contribution in [0.15, 0.2) is 35.7 Å². The van der Waals surface area contributed by atoms with E-state index < -0.39 is 0 Å². The van der Waals surface area contributed by atoms with Gasteiger partial charge >= 0.3 is 0 Å². The van der Waals surface area contributed by atoms with Gasteiger partial charge in [-0.1, -0.05) is 12.1 Å². The highest BCUT2D eigenvalue weighted by Gasteiger charge is 2.12. The number of halogens is 1. The first-order valence-corrected chi connectivity index (χ1v) is 8.22. The maximum atomic E-state index is 13.6. The molecule has 0 saturated heterocycles. The van der Waals surface area contributed by atoms with E-state index in [0.29, 0.717) is 36.1 Å². The standard InChI is InChI=1S/C16H19FN2OS2/c1-12-5-6-13(10-15(12)17)18-16(21)19(7-8-20-2)11-14-4-3-9-22-14/h3-6,9-10H,7-8,11H2,1-2H3,(H,18,21). The number of ether oxygens (including phenoxy) is 1. The number of hydrogen-bond acceptors (Lipinski definition) is 3. The Morgan fingerprint density at radius 3 is 2.86 bits per heavy atom. The van der Waals surface area contributed by atoms with Crippen LogP contribution in [0.2, 0.25) is 0 Å². The molecular formula is C16H19FN2OS2. The van der Waals surface area contributed by atoms with Gasteiger partial charge in [0.25, 0.3) is 0 Å². The molecule has 22 heavy (non-hydrogen) atoms. The summed E-state index contributed by atoms with van der Waals surface area (Å²) in [7, 11) is 1.66. The van der Waals surface area contributed by atoms with E-state index in [1.165, 1.54) is 10.9 Å². The molecule has 118 valence electrons. The first kappa shape index (κ1) is 16.9. The predicted molar refractivity (Wildman–Crippen MR) is 94.0 cm³/mol. The SMILES string of the molecule is COCCN(Cc1cccs1)C(=S)Nc1ccc(C)c(F)c1. The van der Waals surface area contributed by atoms with Crippen molar-refractivity contribution in [2.45, 2.75) is 13.5 Å². The molecule has 0 unspecified atom stereocenters. The Labute approximate surface area is 139 Å². The lowest BCUT2D eigenvalue weighted by atomic mass is 10.2. The maximum Gasteiger partial charge on any atom is 0.173 e. The Balaban J connectivity index is 2.05. The Bertz CT molecular complexity index is 617. The van der Waals surface area contributed by atoms with Crippen molar-refractivity contribution in [3.05, 3.63) is 52.0 Å². The number of thiocarbonyl (C=S) groups is 1. The molecule has 0 aliphatic rings. The third-order valence-electron chi connectivity index (χ3n) is 3.20. The minimum Gasteiger partial charge on any atom is -0.383 e. The summed E-state index contributed by atoms with van der Waals surface area (Å²) in [5.41, 5.74) is 1.27. The van der Waals surface area contributed by atoms with Crippen LogP contribution in [-0.4, -0.2) is 30.3 Å². The van der Waals surface area contributed by atoms with Crippen LogP contribution >= 0.6 is 23.6 Å². The van der Waals surface area contributed by atoms with E-state index in [2.05, 4.69) is 11.4 Å². The second-order valence-corrected chi connectivity index (χ2v) is 6.31. The summed E-state index contributed by atoms with van der Waals surface area (Å²) < 4.78 is 18.8. The van der Waals surface area contributed by atoms with Gasteiger partial charge in [0.1, 0.15) is 5.82 Å². The van der Waals surface area contributed by atoms with Crippen molar-refractivity contribution in [3.8, 4) is 0 Å². The molecule has 3 nitrogen and oxygen atoms in total. The average molecular weight is 338 g/mol. The lowest BCUT2D eigenvalue weighted by molar-refractivity contribution is 0.175. The molecule has 0 aliphatic carbocycles. The predicted octanol–water partition coefficient (Wildman–Crippen LogP) is 4.04. The topological polar surface area (TPSA) is 24.5 Å². The molecule has 0 fully saturated rings. The third kappa shape index (κ3) is 4.76. The molecular weight excluding hydrogens is 319 g/mol. The molecule has 1 heterocycles. The first-order valence-electron chi connectivity index (χ1n) is 6.93. The second-order valence-electron chi connectivity index (χ2n) is 4.89. The van der Waals surface area contributed by atoms with Crippen molar-refractivity contribution in [1.82, 2.24) is 4.90 Å². The normalized spacial score (nSPS) is 10.5. The van der Waals surface area contributed by atoms with Crippen LogP contribution in [0.5, 0.6) is 0 Å². The second kappa shape index (κ2) is 8.22. The van der Waals surface area contributed by atoms with Crippen LogP contribution in [-0.2, 0) is 11.3 Å². The zero-order valence-electron chi connectivity index (χ0n) is 12.6. The molecule has 0 atom stereocenters. The lowest BCUT2D eigenvalue weighted by Crippen LogP contribution is -2.36. The molecule has 0 bridgehead atoms. The fourth-order valence-electron chi connectivity index (χ4n) is 1.92. The fraction of sp³-hybridized carbons (Fsp3) is 0.312. The van der Waals surface area contributed by atoms with Crippen LogP contribution in [0.25, 0.3) is 0 Å². The Kier molecular flexibility index (Phi) is 6.30. The Hall–Kier alpha value is -1.50. The van der Waals surface area contributed by atoms with Crippen LogP contribution in [0, 0.1) is 12.7 Å². The van der Waals surface area contributed by atoms with Crippen LogP contribution in [0.3, 0.4) is 0 Å². The van der Waals surface area contributed by atoms with E-state index in [1.54, 1.807) is 31.4 Å². The van der Waals surface area contributed by atoms with E-state index in [4.69, 9.17) is 17.0 Å². The molecule has 0 amide bonds. The van der Waals surface area contributed by atoms with Crippen molar-refractivity contribution >= 4 is 34.4 Å². The van der Waals surface area contributed by atoms with E-state index >= 15 is 0 Å². The lowest BCUT2D eigenvalue weighted by Gasteiger charge is -2.25. The smallest absolute Gasteiger partial charge is 0.173 e. The number of hydrogen-bond donors (Lipinski definition) is 1. The minimum absolute atomic E-state index is 0.241. The molecule has 0 saturated carbocycles. The highest BCUT2D eigenvalue weighted by atomic mass is 32.1. The molecule has 2 rings (SSSR count). The number of nitrogens with zero attached hydrogens (tertiary/aromatic N) is 1. The van der Waals surface area contributed by atoms with Gasteiger partial charge in [-0.25, -0.2) is 4.39 Å². The summed E-state index contributed by atoms with van der Waals surface area (Å²) in [4.78, 5) is 3.23. The Morgan fingerprint density at radius 2 is 2.23 bits per heavy atom. The van der Waals surface area contributed by atoms with Gasteiger partial charge in [0.15, 0.2) is 5.11 Å². The fourth-order valence-corrected chi connectivity index (χ4v) is 2.91. The number of nitrogens with one attached hydrogen (secondary N) is 1. The monoisotopic (exact) mass is 338 g/mol. The van der Waals surface area contributed by atoms with Gasteiger partial charge in [-0.05, 0) is 48.3 Å². The quantitative estimate of drug-likeness (QED) is 0.804. The molecule has 6 heteroatoms. The highest BCUT2D eigenvalue weighted by Crippen LogP contribution is 2.16. The van der Waals surface area contributed by atoms with E-state index in [9.17, 15) is 4.39 Å². The van der Waals surface area contributed by atoms with Crippen molar-refractivity contribution in [3.63, 3.8) is 0 Å². The zero-order valence-corrected chi connectivity index (χ0v) is 14.3. The summed E-state index contributed by atoms with van der Waals surface area (Å²) in [6.45, 7) is 3.70. The largest absolute Gasteiger partial charge is 0.383 e. The van der Waals surface area contributed by atoms with E-state index in [-0.39, 0.29) is 5.82 Å². The van der Waals surface area contributed by atoms with Crippen molar-refractivity contribution in [2.24, 2.45) is 0 Å². The average Bonchev–Trinajstić information content (AvgIpc) is 3.00. The molecule has 1 aromatic carbocycles. The summed E-state index contributed by atoms with van der Waals surface area (Å²) in [6, 6.07) is 9.10. The zero-order chi connectivity index (χ0) is 15.9. The molecule has 1 aromatic heterocycles. The van der Waals surface area contributed by atoms with Gasteiger partial charge in [-0.15, -0.1) is 11.3 Å². The van der Waals surface area contributed by atoms with E-state index in [1.807, 2.05) is 22.4 Å². The first-order chi connectivity index (χ1) is 10.6. The number of thiophene rings is 1. The summed E-state index contributed by atoms with van der Waals surface area (Å²) >= 11 is 7.14. The minimum atomic E-state index is -0.241. The third-order valence-corrected chi connectivity index (χ3v) is 4.42. The number of rotatable bonds is 6. The number of benzene rings is 1. The van der Waals surface area contributed by atoms with Crippen LogP contribution in [0.1, 0.15) is 10.4 Å². The number of aryl methyl sites for hydroxylation is 1. The van der Waals surface area contributed by atoms with Gasteiger partial charge in [-0.2, -0.15) is 0 Å². The summed E-state index contributed by atoms with van der Waals surface area (Å²) in [5, 5.41) is 5.70. The Morgan fingerprint density at radius 1 is 1.41 bits per heavy atom. The number of methoxy groups -OCH3 is 1.